The molecule has 0 aliphatic carbocycles. The number of ether oxygens (including phenoxy) is 1. The molecule has 3 aromatic carbocycles. The van der Waals surface area contributed by atoms with Gasteiger partial charge in [-0.05, 0) is 81.5 Å². The van der Waals surface area contributed by atoms with Crippen LogP contribution in [0.1, 0.15) is 61.6 Å². The van der Waals surface area contributed by atoms with Gasteiger partial charge in [0.25, 0.3) is 0 Å². The van der Waals surface area contributed by atoms with Gasteiger partial charge in [-0.3, -0.25) is 9.59 Å². The number of carbonyl (C=O) groups is 3. The van der Waals surface area contributed by atoms with Crippen LogP contribution in [0.4, 0.5) is 4.79 Å². The lowest BCUT2D eigenvalue weighted by Crippen LogP contribution is -2.53. The maximum absolute atomic E-state index is 14.2. The van der Waals surface area contributed by atoms with Gasteiger partial charge in [0.15, 0.2) is 0 Å². The summed E-state index contributed by atoms with van der Waals surface area (Å²) in [6.45, 7) is 11.5. The van der Waals surface area contributed by atoms with Gasteiger partial charge in [-0.15, -0.1) is 0 Å². The Morgan fingerprint density at radius 2 is 1.56 bits per heavy atom. The minimum Gasteiger partial charge on any atom is -0.508 e. The van der Waals surface area contributed by atoms with E-state index >= 15 is 0 Å². The van der Waals surface area contributed by atoms with E-state index in [2.05, 4.69) is 10.6 Å². The fourth-order valence-electron chi connectivity index (χ4n) is 4.47. The third kappa shape index (κ3) is 9.10. The summed E-state index contributed by atoms with van der Waals surface area (Å²) in [7, 11) is 0. The highest BCUT2D eigenvalue weighted by Crippen LogP contribution is 2.26. The van der Waals surface area contributed by atoms with Crippen LogP contribution in [0.15, 0.2) is 72.8 Å². The summed E-state index contributed by atoms with van der Waals surface area (Å²) < 4.78 is 5.46. The third-order valence-electron chi connectivity index (χ3n) is 6.71. The highest BCUT2D eigenvalue weighted by Gasteiger charge is 2.35. The van der Waals surface area contributed by atoms with Crippen LogP contribution in [0.2, 0.25) is 0 Å². The van der Waals surface area contributed by atoms with Gasteiger partial charge < -0.3 is 25.4 Å². The van der Waals surface area contributed by atoms with Gasteiger partial charge >= 0.3 is 6.09 Å². The molecular formula is C33H41N3O5. The average molecular weight is 560 g/mol. The monoisotopic (exact) mass is 559 g/mol. The molecule has 0 spiro atoms. The molecule has 0 saturated heterocycles. The van der Waals surface area contributed by atoms with Crippen molar-refractivity contribution < 1.29 is 24.2 Å². The van der Waals surface area contributed by atoms with Crippen LogP contribution in [-0.4, -0.2) is 46.1 Å². The molecule has 8 nitrogen and oxygen atoms in total. The molecule has 0 radical (unpaired) electrons. The molecular weight excluding hydrogens is 518 g/mol. The Labute approximate surface area is 242 Å². The smallest absolute Gasteiger partial charge is 0.408 e. The minimum atomic E-state index is -1.02. The molecule has 0 fully saturated rings. The number of hydrogen-bond acceptors (Lipinski definition) is 5. The number of benzene rings is 3. The SMILES string of the molecule is CCN(C(=O)C(Cc1ccc(O)cc1)NC(=O)OC(C)(C)C)C(C(=O)NCc1ccccc1)c1ccc(C)c(C)c1. The second-order valence-electron chi connectivity index (χ2n) is 11.1. The van der Waals surface area contributed by atoms with E-state index in [1.54, 1.807) is 32.9 Å². The van der Waals surface area contributed by atoms with E-state index in [4.69, 9.17) is 4.74 Å². The van der Waals surface area contributed by atoms with Gasteiger partial charge in [-0.1, -0.05) is 60.7 Å². The van der Waals surface area contributed by atoms with Crippen molar-refractivity contribution in [3.63, 3.8) is 0 Å². The van der Waals surface area contributed by atoms with Gasteiger partial charge in [0, 0.05) is 19.5 Å². The van der Waals surface area contributed by atoms with Gasteiger partial charge in [0.2, 0.25) is 11.8 Å². The molecule has 2 atom stereocenters. The quantitative estimate of drug-likeness (QED) is 0.310. The standard InChI is InChI=1S/C33H41N3O5/c1-7-36(31(39)28(35-32(40)41-33(4,5)6)20-24-14-17-27(37)18-15-24)29(26-16-13-22(2)23(3)19-26)30(38)34-21-25-11-9-8-10-12-25/h8-19,28-29,37H,7,20-21H2,1-6H3,(H,34,38)(H,35,40). The first-order valence-corrected chi connectivity index (χ1v) is 13.8. The second-order valence-corrected chi connectivity index (χ2v) is 11.1. The van der Waals surface area contributed by atoms with Crippen LogP contribution >= 0.6 is 0 Å². The number of hydrogen-bond donors (Lipinski definition) is 3. The van der Waals surface area contributed by atoms with Crippen LogP contribution in [0, 0.1) is 13.8 Å². The zero-order valence-corrected chi connectivity index (χ0v) is 24.7. The molecule has 3 aromatic rings. The molecule has 0 aromatic heterocycles. The molecule has 3 amide bonds. The first-order chi connectivity index (χ1) is 19.4. The maximum atomic E-state index is 14.2. The predicted octanol–water partition coefficient (Wildman–Crippen LogP) is 5.35. The van der Waals surface area contributed by atoms with E-state index in [1.807, 2.05) is 69.3 Å². The van der Waals surface area contributed by atoms with Crippen molar-refractivity contribution in [3.05, 3.63) is 101 Å². The Balaban J connectivity index is 1.98. The first kappa shape index (κ1) is 31.2. The zero-order chi connectivity index (χ0) is 30.2. The minimum absolute atomic E-state index is 0.0943. The summed E-state index contributed by atoms with van der Waals surface area (Å²) in [5.41, 5.74) is 3.65. The Morgan fingerprint density at radius 1 is 0.902 bits per heavy atom. The molecule has 0 aliphatic rings. The Bertz CT molecular complexity index is 1330. The van der Waals surface area contributed by atoms with E-state index < -0.39 is 29.7 Å². The van der Waals surface area contributed by atoms with Crippen molar-refractivity contribution in [1.82, 2.24) is 15.5 Å². The van der Waals surface area contributed by atoms with Crippen molar-refractivity contribution in [2.75, 3.05) is 6.54 Å². The van der Waals surface area contributed by atoms with Gasteiger partial charge in [-0.25, -0.2) is 4.79 Å². The normalized spacial score (nSPS) is 12.6. The molecule has 0 bridgehead atoms. The van der Waals surface area contributed by atoms with Crippen molar-refractivity contribution >= 4 is 17.9 Å². The lowest BCUT2D eigenvalue weighted by molar-refractivity contribution is -0.142. The number of phenolic OH excluding ortho intramolecular Hbond substituents is 1. The number of aryl methyl sites for hydroxylation is 2. The molecule has 2 unspecified atom stereocenters. The number of alkyl carbamates (subject to hydrolysis) is 1. The summed E-state index contributed by atoms with van der Waals surface area (Å²) in [6.07, 6.45) is -0.595. The summed E-state index contributed by atoms with van der Waals surface area (Å²) in [6, 6.07) is 19.8. The zero-order valence-electron chi connectivity index (χ0n) is 24.7. The highest BCUT2D eigenvalue weighted by atomic mass is 16.6. The average Bonchev–Trinajstić information content (AvgIpc) is 2.92. The molecule has 0 heterocycles. The fourth-order valence-corrected chi connectivity index (χ4v) is 4.47. The van der Waals surface area contributed by atoms with Gasteiger partial charge in [-0.2, -0.15) is 0 Å². The van der Waals surface area contributed by atoms with Crippen molar-refractivity contribution in [2.24, 2.45) is 0 Å². The molecule has 0 saturated carbocycles. The Kier molecular flexibility index (Phi) is 10.5. The molecule has 218 valence electrons. The fraction of sp³-hybridized carbons (Fsp3) is 0.364. The van der Waals surface area contributed by atoms with Gasteiger partial charge in [0.05, 0.1) is 0 Å². The van der Waals surface area contributed by atoms with Crippen molar-refractivity contribution in [2.45, 2.75) is 72.2 Å². The number of rotatable bonds is 10. The van der Waals surface area contributed by atoms with Crippen LogP contribution in [-0.2, 0) is 27.3 Å². The molecule has 3 rings (SSSR count). The Hall–Kier alpha value is -4.33. The van der Waals surface area contributed by atoms with E-state index in [0.29, 0.717) is 12.1 Å². The number of carbonyl (C=O) groups excluding carboxylic acids is 3. The van der Waals surface area contributed by atoms with E-state index in [9.17, 15) is 19.5 Å². The summed E-state index contributed by atoms with van der Waals surface area (Å²) in [5, 5.41) is 15.4. The van der Waals surface area contributed by atoms with Crippen LogP contribution in [0.25, 0.3) is 0 Å². The number of likely N-dealkylation sites (N-methyl/N-ethyl adjacent to an activating group) is 1. The Morgan fingerprint density at radius 3 is 2.15 bits per heavy atom. The van der Waals surface area contributed by atoms with E-state index in [1.165, 1.54) is 17.0 Å². The number of phenols is 1. The van der Waals surface area contributed by atoms with Crippen LogP contribution in [0.3, 0.4) is 0 Å². The molecule has 41 heavy (non-hydrogen) atoms. The van der Waals surface area contributed by atoms with E-state index in [0.717, 1.165) is 22.3 Å². The van der Waals surface area contributed by atoms with Gasteiger partial charge in [0.1, 0.15) is 23.4 Å². The second kappa shape index (κ2) is 13.8. The lowest BCUT2D eigenvalue weighted by Gasteiger charge is -2.34. The number of aromatic hydroxyl groups is 1. The number of amides is 3. The van der Waals surface area contributed by atoms with Crippen LogP contribution in [0.5, 0.6) is 5.75 Å². The number of nitrogens with zero attached hydrogens (tertiary/aromatic N) is 1. The molecule has 8 heteroatoms. The molecule has 0 aliphatic heterocycles. The first-order valence-electron chi connectivity index (χ1n) is 13.8. The topological polar surface area (TPSA) is 108 Å². The summed E-state index contributed by atoms with van der Waals surface area (Å²) >= 11 is 0. The summed E-state index contributed by atoms with van der Waals surface area (Å²) in [5.74, 6) is -0.658. The lowest BCUT2D eigenvalue weighted by atomic mass is 9.97. The largest absolute Gasteiger partial charge is 0.508 e. The van der Waals surface area contributed by atoms with E-state index in [-0.39, 0.29) is 24.6 Å². The van der Waals surface area contributed by atoms with Crippen LogP contribution < -0.4 is 10.6 Å². The maximum Gasteiger partial charge on any atom is 0.408 e. The summed E-state index contributed by atoms with van der Waals surface area (Å²) in [4.78, 5) is 42.3. The highest BCUT2D eigenvalue weighted by molar-refractivity contribution is 5.92. The third-order valence-corrected chi connectivity index (χ3v) is 6.71. The predicted molar refractivity (Wildman–Crippen MR) is 159 cm³/mol. The van der Waals surface area contributed by atoms with Crippen molar-refractivity contribution in [1.29, 1.82) is 0 Å². The number of nitrogens with one attached hydrogen (secondary N) is 2. The van der Waals surface area contributed by atoms with Crippen molar-refractivity contribution in [3.8, 4) is 5.75 Å². The molecule has 3 N–H and O–H groups in total.